The Balaban J connectivity index is 1.73. The fourth-order valence-corrected chi connectivity index (χ4v) is 6.03. The summed E-state index contributed by atoms with van der Waals surface area (Å²) in [5.41, 5.74) is 4.58. The van der Waals surface area contributed by atoms with Gasteiger partial charge in [-0.1, -0.05) is 43.3 Å². The van der Waals surface area contributed by atoms with E-state index in [1.807, 2.05) is 56.3 Å². The SMILES string of the molecule is CCCS(=O)(=O)N(CCN(C)C)c1ccc(NC(=C2C(=O)Nc3cc(C(=O)OC)ccc32)c2ccccc2)cc1. The average molecular weight is 563 g/mol. The van der Waals surface area contributed by atoms with Crippen LogP contribution < -0.4 is 14.9 Å². The van der Waals surface area contributed by atoms with Gasteiger partial charge in [-0.2, -0.15) is 0 Å². The fourth-order valence-electron chi connectivity index (χ4n) is 4.49. The number of benzene rings is 3. The number of hydrogen-bond donors (Lipinski definition) is 2. The Morgan fingerprint density at radius 2 is 1.65 bits per heavy atom. The number of carbonyl (C=O) groups excluding carboxylic acids is 2. The number of rotatable bonds is 11. The molecule has 10 heteroatoms. The van der Waals surface area contributed by atoms with Crippen LogP contribution in [-0.4, -0.2) is 65.2 Å². The number of carbonyl (C=O) groups is 2. The molecule has 0 atom stereocenters. The van der Waals surface area contributed by atoms with E-state index < -0.39 is 16.0 Å². The third kappa shape index (κ3) is 6.35. The van der Waals surface area contributed by atoms with Gasteiger partial charge in [-0.25, -0.2) is 13.2 Å². The van der Waals surface area contributed by atoms with Crippen LogP contribution in [0.5, 0.6) is 0 Å². The third-order valence-electron chi connectivity index (χ3n) is 6.47. The van der Waals surface area contributed by atoms with Gasteiger partial charge in [0.05, 0.1) is 41.1 Å². The van der Waals surface area contributed by atoms with Gasteiger partial charge in [0, 0.05) is 24.3 Å². The normalized spacial score (nSPS) is 14.0. The zero-order valence-electron chi connectivity index (χ0n) is 23.1. The molecule has 9 nitrogen and oxygen atoms in total. The number of anilines is 3. The molecule has 40 heavy (non-hydrogen) atoms. The maximum atomic E-state index is 13.2. The van der Waals surface area contributed by atoms with E-state index in [2.05, 4.69) is 10.6 Å². The van der Waals surface area contributed by atoms with Crippen LogP contribution in [0.2, 0.25) is 0 Å². The van der Waals surface area contributed by atoms with E-state index in [9.17, 15) is 18.0 Å². The third-order valence-corrected chi connectivity index (χ3v) is 8.46. The summed E-state index contributed by atoms with van der Waals surface area (Å²) in [5.74, 6) is -0.728. The summed E-state index contributed by atoms with van der Waals surface area (Å²) in [6.45, 7) is 2.77. The molecule has 0 aliphatic carbocycles. The first kappa shape index (κ1) is 28.8. The second-order valence-corrected chi connectivity index (χ2v) is 11.7. The predicted octanol–water partition coefficient (Wildman–Crippen LogP) is 4.51. The highest BCUT2D eigenvalue weighted by atomic mass is 32.2. The first-order valence-corrected chi connectivity index (χ1v) is 14.6. The number of hydrogen-bond acceptors (Lipinski definition) is 7. The Bertz CT molecular complexity index is 1520. The quantitative estimate of drug-likeness (QED) is 0.261. The molecule has 0 aromatic heterocycles. The molecule has 3 aromatic carbocycles. The molecular formula is C30H34N4O5S. The summed E-state index contributed by atoms with van der Waals surface area (Å²) >= 11 is 0. The second-order valence-electron chi connectivity index (χ2n) is 9.69. The molecule has 0 bridgehead atoms. The van der Waals surface area contributed by atoms with Crippen LogP contribution in [0.1, 0.15) is 34.8 Å². The van der Waals surface area contributed by atoms with Gasteiger partial charge < -0.3 is 20.3 Å². The number of methoxy groups -OCH3 is 1. The summed E-state index contributed by atoms with van der Waals surface area (Å²) < 4.78 is 32.3. The van der Waals surface area contributed by atoms with Crippen molar-refractivity contribution in [1.29, 1.82) is 0 Å². The summed E-state index contributed by atoms with van der Waals surface area (Å²) in [5, 5.41) is 6.24. The van der Waals surface area contributed by atoms with Crippen LogP contribution in [0.3, 0.4) is 0 Å². The first-order chi connectivity index (χ1) is 19.1. The topological polar surface area (TPSA) is 108 Å². The second kappa shape index (κ2) is 12.4. The summed E-state index contributed by atoms with van der Waals surface area (Å²) in [7, 11) is 1.65. The fraction of sp³-hybridized carbons (Fsp3) is 0.267. The molecule has 1 amide bonds. The lowest BCUT2D eigenvalue weighted by Gasteiger charge is -2.26. The lowest BCUT2D eigenvalue weighted by atomic mass is 9.99. The zero-order chi connectivity index (χ0) is 28.9. The Morgan fingerprint density at radius 1 is 0.950 bits per heavy atom. The Kier molecular flexibility index (Phi) is 8.91. The van der Waals surface area contributed by atoms with E-state index in [1.54, 1.807) is 42.5 Å². The summed E-state index contributed by atoms with van der Waals surface area (Å²) in [6.07, 6.45) is 0.527. The molecule has 210 valence electrons. The van der Waals surface area contributed by atoms with Crippen molar-refractivity contribution in [3.8, 4) is 0 Å². The molecule has 0 saturated carbocycles. The number of likely N-dealkylation sites (N-methyl/N-ethyl adjacent to an activating group) is 1. The molecule has 3 aromatic rings. The Labute approximate surface area is 235 Å². The van der Waals surface area contributed by atoms with Crippen molar-refractivity contribution in [3.05, 3.63) is 89.5 Å². The molecule has 0 fully saturated rings. The number of amides is 1. The Hall–Kier alpha value is -4.15. The van der Waals surface area contributed by atoms with Gasteiger partial charge in [-0.05, 0) is 62.5 Å². The zero-order valence-corrected chi connectivity index (χ0v) is 23.9. The molecule has 1 aliphatic heterocycles. The molecule has 0 radical (unpaired) electrons. The van der Waals surface area contributed by atoms with Crippen LogP contribution in [0.25, 0.3) is 11.3 Å². The van der Waals surface area contributed by atoms with Gasteiger partial charge in [-0.3, -0.25) is 9.10 Å². The molecule has 4 rings (SSSR count). The van der Waals surface area contributed by atoms with Crippen LogP contribution >= 0.6 is 0 Å². The number of sulfonamides is 1. The maximum absolute atomic E-state index is 13.2. The van der Waals surface area contributed by atoms with Crippen molar-refractivity contribution >= 4 is 50.2 Å². The van der Waals surface area contributed by atoms with Crippen LogP contribution in [-0.2, 0) is 19.6 Å². The van der Waals surface area contributed by atoms with Crippen molar-refractivity contribution < 1.29 is 22.7 Å². The van der Waals surface area contributed by atoms with Crippen molar-refractivity contribution in [3.63, 3.8) is 0 Å². The van der Waals surface area contributed by atoms with E-state index >= 15 is 0 Å². The highest BCUT2D eigenvalue weighted by Gasteiger charge is 2.29. The first-order valence-electron chi connectivity index (χ1n) is 13.0. The minimum atomic E-state index is -3.47. The van der Waals surface area contributed by atoms with E-state index in [0.717, 1.165) is 5.56 Å². The number of ether oxygens (including phenoxy) is 1. The molecular weight excluding hydrogens is 528 g/mol. The predicted molar refractivity (Wildman–Crippen MR) is 160 cm³/mol. The lowest BCUT2D eigenvalue weighted by molar-refractivity contribution is -0.110. The van der Waals surface area contributed by atoms with E-state index in [-0.39, 0.29) is 11.7 Å². The number of nitrogens with zero attached hydrogens (tertiary/aromatic N) is 2. The summed E-state index contributed by atoms with van der Waals surface area (Å²) in [4.78, 5) is 27.2. The van der Waals surface area contributed by atoms with Gasteiger partial charge >= 0.3 is 5.97 Å². The number of nitrogens with one attached hydrogen (secondary N) is 2. The lowest BCUT2D eigenvalue weighted by Crippen LogP contribution is -2.38. The molecule has 0 spiro atoms. The van der Waals surface area contributed by atoms with Gasteiger partial charge in [0.25, 0.3) is 5.91 Å². The largest absolute Gasteiger partial charge is 0.465 e. The van der Waals surface area contributed by atoms with Crippen LogP contribution in [0.4, 0.5) is 17.1 Å². The summed E-state index contributed by atoms with van der Waals surface area (Å²) in [6, 6.07) is 21.6. The Morgan fingerprint density at radius 3 is 2.27 bits per heavy atom. The van der Waals surface area contributed by atoms with E-state index in [4.69, 9.17) is 4.74 Å². The highest BCUT2D eigenvalue weighted by Crippen LogP contribution is 2.38. The van der Waals surface area contributed by atoms with E-state index in [1.165, 1.54) is 11.4 Å². The standard InChI is InChI=1S/C30H34N4O5S/c1-5-19-40(37,38)34(18-17-33(2)3)24-14-12-23(13-15-24)31-28(21-9-7-6-8-10-21)27-25-16-11-22(30(36)39-4)20-26(25)32-29(27)35/h6-16,20,31H,5,17-19H2,1-4H3,(H,32,35). The molecule has 0 unspecified atom stereocenters. The molecule has 1 heterocycles. The van der Waals surface area contributed by atoms with Gasteiger partial charge in [0.15, 0.2) is 0 Å². The van der Waals surface area contributed by atoms with Gasteiger partial charge in [-0.15, -0.1) is 0 Å². The average Bonchev–Trinajstić information content (AvgIpc) is 3.26. The van der Waals surface area contributed by atoms with Crippen LogP contribution in [0.15, 0.2) is 72.8 Å². The van der Waals surface area contributed by atoms with E-state index in [0.29, 0.717) is 59.0 Å². The minimum Gasteiger partial charge on any atom is -0.465 e. The van der Waals surface area contributed by atoms with Crippen molar-refractivity contribution in [2.24, 2.45) is 0 Å². The number of fused-ring (bicyclic) bond motifs is 1. The van der Waals surface area contributed by atoms with Gasteiger partial charge in [0.1, 0.15) is 0 Å². The van der Waals surface area contributed by atoms with Crippen molar-refractivity contribution in [1.82, 2.24) is 4.90 Å². The number of esters is 1. The highest BCUT2D eigenvalue weighted by molar-refractivity contribution is 7.92. The molecule has 0 saturated heterocycles. The van der Waals surface area contributed by atoms with Crippen LogP contribution in [0, 0.1) is 0 Å². The molecule has 2 N–H and O–H groups in total. The maximum Gasteiger partial charge on any atom is 0.337 e. The monoisotopic (exact) mass is 562 g/mol. The van der Waals surface area contributed by atoms with Crippen molar-refractivity contribution in [2.45, 2.75) is 13.3 Å². The minimum absolute atomic E-state index is 0.0664. The van der Waals surface area contributed by atoms with Crippen molar-refractivity contribution in [2.75, 3.05) is 55.0 Å². The molecule has 1 aliphatic rings. The van der Waals surface area contributed by atoms with Gasteiger partial charge in [0.2, 0.25) is 10.0 Å². The smallest absolute Gasteiger partial charge is 0.337 e.